The lowest BCUT2D eigenvalue weighted by Crippen LogP contribution is -2.22. The molecular formula is C21H38O3. The fraction of sp³-hybridized carbons (Fsp3) is 0.905. The Morgan fingerprint density at radius 3 is 2.04 bits per heavy atom. The van der Waals surface area contributed by atoms with Crippen molar-refractivity contribution in [1.29, 1.82) is 0 Å². The zero-order valence-corrected chi connectivity index (χ0v) is 15.6. The van der Waals surface area contributed by atoms with Crippen LogP contribution in [-0.2, 0) is 9.47 Å². The molecule has 1 rings (SSSR count). The first-order valence-electron chi connectivity index (χ1n) is 10.2. The van der Waals surface area contributed by atoms with Crippen molar-refractivity contribution < 1.29 is 14.6 Å². The Kier molecular flexibility index (Phi) is 15.5. The number of hydrogen-bond acceptors (Lipinski definition) is 3. The van der Waals surface area contributed by atoms with Crippen LogP contribution in [-0.4, -0.2) is 31.2 Å². The van der Waals surface area contributed by atoms with Gasteiger partial charge in [-0.3, -0.25) is 0 Å². The van der Waals surface area contributed by atoms with E-state index in [-0.39, 0.29) is 6.29 Å². The van der Waals surface area contributed by atoms with Crippen LogP contribution in [0.15, 0.2) is 0 Å². The van der Waals surface area contributed by atoms with E-state index in [1.165, 1.54) is 57.8 Å². The number of rotatable bonds is 14. The summed E-state index contributed by atoms with van der Waals surface area (Å²) in [6.07, 6.45) is 17.8. The Morgan fingerprint density at radius 2 is 1.42 bits per heavy atom. The Bertz CT molecular complexity index is 313. The maximum absolute atomic E-state index is 8.70. The predicted octanol–water partition coefficient (Wildman–Crippen LogP) is 5.21. The van der Waals surface area contributed by atoms with Crippen LogP contribution in [0.25, 0.3) is 0 Å². The highest BCUT2D eigenvalue weighted by atomic mass is 16.7. The number of aliphatic hydroxyl groups is 1. The summed E-state index contributed by atoms with van der Waals surface area (Å²) < 4.78 is 11.3. The molecule has 140 valence electrons. The fourth-order valence-electron chi connectivity index (χ4n) is 2.94. The van der Waals surface area contributed by atoms with Crippen LogP contribution in [0.4, 0.5) is 0 Å². The molecule has 0 aliphatic carbocycles. The molecule has 1 aliphatic heterocycles. The van der Waals surface area contributed by atoms with Gasteiger partial charge in [-0.25, -0.2) is 0 Å². The van der Waals surface area contributed by atoms with Crippen LogP contribution in [0.2, 0.25) is 0 Å². The number of unbranched alkanes of at least 4 members (excludes halogenated alkanes) is 10. The van der Waals surface area contributed by atoms with Gasteiger partial charge in [-0.2, -0.15) is 0 Å². The predicted molar refractivity (Wildman–Crippen MR) is 99.8 cm³/mol. The van der Waals surface area contributed by atoms with E-state index in [1.807, 2.05) is 0 Å². The molecule has 0 bridgehead atoms. The van der Waals surface area contributed by atoms with E-state index < -0.39 is 0 Å². The van der Waals surface area contributed by atoms with E-state index in [4.69, 9.17) is 14.6 Å². The summed E-state index contributed by atoms with van der Waals surface area (Å²) in [7, 11) is 0. The highest BCUT2D eigenvalue weighted by Crippen LogP contribution is 2.14. The van der Waals surface area contributed by atoms with Gasteiger partial charge in [0.25, 0.3) is 0 Å². The molecule has 24 heavy (non-hydrogen) atoms. The van der Waals surface area contributed by atoms with Crippen LogP contribution in [0.1, 0.15) is 96.3 Å². The molecule has 0 aromatic rings. The van der Waals surface area contributed by atoms with Gasteiger partial charge in [0.05, 0.1) is 0 Å². The van der Waals surface area contributed by atoms with Crippen molar-refractivity contribution in [2.24, 2.45) is 0 Å². The molecule has 3 heteroatoms. The molecule has 0 amide bonds. The molecule has 0 aromatic heterocycles. The molecule has 0 spiro atoms. The number of ether oxygens (including phenoxy) is 2. The summed E-state index contributed by atoms with van der Waals surface area (Å²) in [5.74, 6) is 6.59. The minimum absolute atomic E-state index is 0.0551. The molecule has 0 aromatic carbocycles. The van der Waals surface area contributed by atoms with Crippen molar-refractivity contribution in [3.8, 4) is 11.8 Å². The van der Waals surface area contributed by atoms with E-state index >= 15 is 0 Å². The molecule has 1 atom stereocenters. The van der Waals surface area contributed by atoms with Gasteiger partial charge in [0, 0.05) is 32.7 Å². The maximum Gasteiger partial charge on any atom is 0.157 e. The van der Waals surface area contributed by atoms with Crippen LogP contribution >= 0.6 is 0 Å². The average molecular weight is 339 g/mol. The van der Waals surface area contributed by atoms with Crippen molar-refractivity contribution in [2.75, 3.05) is 19.8 Å². The SMILES string of the molecule is OCCCCCCCCCCC#CCCCCOC1CCCCO1. The van der Waals surface area contributed by atoms with E-state index in [2.05, 4.69) is 11.8 Å². The highest BCUT2D eigenvalue weighted by molar-refractivity contribution is 4.98. The minimum Gasteiger partial charge on any atom is -0.396 e. The third-order valence-electron chi connectivity index (χ3n) is 4.47. The lowest BCUT2D eigenvalue weighted by atomic mass is 10.1. The number of hydrogen-bond donors (Lipinski definition) is 1. The van der Waals surface area contributed by atoms with E-state index in [0.717, 1.165) is 51.7 Å². The molecule has 1 aliphatic rings. The highest BCUT2D eigenvalue weighted by Gasteiger charge is 2.12. The smallest absolute Gasteiger partial charge is 0.157 e. The molecule has 1 unspecified atom stereocenters. The fourth-order valence-corrected chi connectivity index (χ4v) is 2.94. The third kappa shape index (κ3) is 13.8. The second-order valence-corrected chi connectivity index (χ2v) is 6.78. The van der Waals surface area contributed by atoms with Crippen LogP contribution in [0.5, 0.6) is 0 Å². The first kappa shape index (κ1) is 21.5. The summed E-state index contributed by atoms with van der Waals surface area (Å²) in [6.45, 7) is 2.02. The molecule has 0 radical (unpaired) electrons. The van der Waals surface area contributed by atoms with Gasteiger partial charge in [0.15, 0.2) is 6.29 Å². The van der Waals surface area contributed by atoms with Gasteiger partial charge in [0.2, 0.25) is 0 Å². The Balaban J connectivity index is 1.74. The van der Waals surface area contributed by atoms with Crippen molar-refractivity contribution in [3.63, 3.8) is 0 Å². The standard InChI is InChI=1S/C21H38O3/c22-18-14-11-9-7-5-3-1-2-4-6-8-10-12-15-19-23-21-17-13-16-20-24-21/h21-22H,1-5,7,9-20H2. The Hall–Kier alpha value is -0.560. The Morgan fingerprint density at radius 1 is 0.792 bits per heavy atom. The first-order valence-corrected chi connectivity index (χ1v) is 10.2. The van der Waals surface area contributed by atoms with Crippen LogP contribution in [0, 0.1) is 11.8 Å². The molecule has 1 N–H and O–H groups in total. The number of aliphatic hydroxyl groups excluding tert-OH is 1. The van der Waals surface area contributed by atoms with Gasteiger partial charge in [0.1, 0.15) is 0 Å². The van der Waals surface area contributed by atoms with Gasteiger partial charge >= 0.3 is 0 Å². The van der Waals surface area contributed by atoms with Gasteiger partial charge in [-0.15, -0.1) is 11.8 Å². The maximum atomic E-state index is 8.70. The lowest BCUT2D eigenvalue weighted by molar-refractivity contribution is -0.162. The second kappa shape index (κ2) is 17.3. The molecule has 3 nitrogen and oxygen atoms in total. The van der Waals surface area contributed by atoms with Crippen LogP contribution in [0.3, 0.4) is 0 Å². The summed E-state index contributed by atoms with van der Waals surface area (Å²) in [5, 5.41) is 8.70. The second-order valence-electron chi connectivity index (χ2n) is 6.78. The molecule has 1 saturated heterocycles. The quantitative estimate of drug-likeness (QED) is 0.349. The largest absolute Gasteiger partial charge is 0.396 e. The van der Waals surface area contributed by atoms with Crippen molar-refractivity contribution in [1.82, 2.24) is 0 Å². The lowest BCUT2D eigenvalue weighted by Gasteiger charge is -2.22. The third-order valence-corrected chi connectivity index (χ3v) is 4.47. The van der Waals surface area contributed by atoms with Crippen LogP contribution < -0.4 is 0 Å². The van der Waals surface area contributed by atoms with Gasteiger partial charge < -0.3 is 14.6 Å². The summed E-state index contributed by atoms with van der Waals surface area (Å²) in [6, 6.07) is 0. The molecule has 1 fully saturated rings. The monoisotopic (exact) mass is 338 g/mol. The first-order chi connectivity index (χ1) is 11.9. The summed E-state index contributed by atoms with van der Waals surface area (Å²) in [4.78, 5) is 0. The summed E-state index contributed by atoms with van der Waals surface area (Å²) in [5.41, 5.74) is 0. The molecule has 1 heterocycles. The average Bonchev–Trinajstić information content (AvgIpc) is 2.62. The molecule has 0 saturated carbocycles. The van der Waals surface area contributed by atoms with E-state index in [1.54, 1.807) is 0 Å². The molecular weight excluding hydrogens is 300 g/mol. The zero-order valence-electron chi connectivity index (χ0n) is 15.6. The van der Waals surface area contributed by atoms with Gasteiger partial charge in [-0.05, 0) is 44.9 Å². The Labute approximate surface area is 149 Å². The summed E-state index contributed by atoms with van der Waals surface area (Å²) >= 11 is 0. The normalized spacial score (nSPS) is 17.5. The van der Waals surface area contributed by atoms with Crippen molar-refractivity contribution in [3.05, 3.63) is 0 Å². The van der Waals surface area contributed by atoms with E-state index in [9.17, 15) is 0 Å². The van der Waals surface area contributed by atoms with Crippen molar-refractivity contribution in [2.45, 2.75) is 103 Å². The zero-order chi connectivity index (χ0) is 17.1. The van der Waals surface area contributed by atoms with E-state index in [0.29, 0.717) is 6.61 Å². The minimum atomic E-state index is 0.0551. The topological polar surface area (TPSA) is 38.7 Å². The van der Waals surface area contributed by atoms with Gasteiger partial charge in [-0.1, -0.05) is 38.5 Å². The van der Waals surface area contributed by atoms with Crippen molar-refractivity contribution >= 4 is 0 Å².